The Hall–Kier alpha value is -1.03. The monoisotopic (exact) mass is 264 g/mol. The second-order valence-corrected chi connectivity index (χ2v) is 5.51. The normalized spacial score (nSPS) is 17.8. The molecule has 0 atom stereocenters. The first-order valence-electron chi connectivity index (χ1n) is 7.84. The Morgan fingerprint density at radius 3 is 2.74 bits per heavy atom. The molecule has 1 aliphatic rings. The summed E-state index contributed by atoms with van der Waals surface area (Å²) in [5.74, 6) is 1.06. The average Bonchev–Trinajstić information content (AvgIpc) is 2.89. The summed E-state index contributed by atoms with van der Waals surface area (Å²) in [5, 5.41) is 3.47. The van der Waals surface area contributed by atoms with Gasteiger partial charge in [-0.25, -0.2) is 4.98 Å². The van der Waals surface area contributed by atoms with Gasteiger partial charge in [0.05, 0.1) is 0 Å². The van der Waals surface area contributed by atoms with Gasteiger partial charge in [-0.05, 0) is 32.2 Å². The minimum absolute atomic E-state index is 0.625. The zero-order chi connectivity index (χ0) is 13.5. The Balaban J connectivity index is 1.87. The van der Waals surface area contributed by atoms with Crippen LogP contribution in [0.25, 0.3) is 0 Å². The van der Waals surface area contributed by atoms with E-state index >= 15 is 0 Å². The molecule has 19 heavy (non-hydrogen) atoms. The van der Waals surface area contributed by atoms with Crippen LogP contribution < -0.4 is 5.32 Å². The molecule has 0 radical (unpaired) electrons. The number of hydrogen-bond donors (Lipinski definition) is 1. The third-order valence-electron chi connectivity index (χ3n) is 3.97. The molecule has 0 aliphatic carbocycles. The van der Waals surface area contributed by atoms with Gasteiger partial charge in [0.15, 0.2) is 0 Å². The molecule has 0 saturated carbocycles. The molecule has 4 nitrogen and oxygen atoms in total. The maximum absolute atomic E-state index is 4.46. The number of imidazole rings is 1. The van der Waals surface area contributed by atoms with Crippen molar-refractivity contribution in [2.45, 2.75) is 52.0 Å². The van der Waals surface area contributed by atoms with E-state index in [0.717, 1.165) is 12.5 Å². The lowest BCUT2D eigenvalue weighted by atomic mass is 10.0. The van der Waals surface area contributed by atoms with Crippen molar-refractivity contribution in [3.05, 3.63) is 12.4 Å². The summed E-state index contributed by atoms with van der Waals surface area (Å²) in [6, 6.07) is 0.625. The first kappa shape index (κ1) is 14.4. The SMILES string of the molecule is CCCCNc1nccn1C1CCN(CCC)CC1. The number of unbranched alkanes of at least 4 members (excludes halogenated alkanes) is 1. The van der Waals surface area contributed by atoms with Crippen LogP contribution in [0, 0.1) is 0 Å². The number of hydrogen-bond acceptors (Lipinski definition) is 3. The minimum Gasteiger partial charge on any atom is -0.356 e. The predicted octanol–water partition coefficient (Wildman–Crippen LogP) is 3.14. The van der Waals surface area contributed by atoms with E-state index in [1.165, 1.54) is 51.7 Å². The number of rotatable bonds is 7. The Bertz CT molecular complexity index is 353. The summed E-state index contributed by atoms with van der Waals surface area (Å²) in [4.78, 5) is 7.04. The van der Waals surface area contributed by atoms with Crippen LogP contribution in [0.4, 0.5) is 5.95 Å². The summed E-state index contributed by atoms with van der Waals surface area (Å²) >= 11 is 0. The Kier molecular flexibility index (Phi) is 5.70. The van der Waals surface area contributed by atoms with Crippen molar-refractivity contribution in [1.29, 1.82) is 0 Å². The van der Waals surface area contributed by atoms with E-state index in [4.69, 9.17) is 0 Å². The number of piperidine rings is 1. The predicted molar refractivity (Wildman–Crippen MR) is 80.6 cm³/mol. The maximum atomic E-state index is 4.46. The summed E-state index contributed by atoms with van der Waals surface area (Å²) in [6.07, 6.45) is 10.3. The summed E-state index contributed by atoms with van der Waals surface area (Å²) in [5.41, 5.74) is 0. The second-order valence-electron chi connectivity index (χ2n) is 5.51. The summed E-state index contributed by atoms with van der Waals surface area (Å²) in [7, 11) is 0. The highest BCUT2D eigenvalue weighted by Gasteiger charge is 2.21. The third-order valence-corrected chi connectivity index (χ3v) is 3.97. The number of nitrogens with zero attached hydrogens (tertiary/aromatic N) is 3. The fraction of sp³-hybridized carbons (Fsp3) is 0.800. The molecule has 2 heterocycles. The molecular formula is C15H28N4. The Labute approximate surface area is 117 Å². The van der Waals surface area contributed by atoms with Crippen molar-refractivity contribution in [2.75, 3.05) is 31.5 Å². The number of nitrogens with one attached hydrogen (secondary N) is 1. The molecule has 0 bridgehead atoms. The molecule has 0 unspecified atom stereocenters. The van der Waals surface area contributed by atoms with Crippen molar-refractivity contribution in [3.63, 3.8) is 0 Å². The first-order valence-corrected chi connectivity index (χ1v) is 7.84. The zero-order valence-corrected chi connectivity index (χ0v) is 12.4. The van der Waals surface area contributed by atoms with E-state index < -0.39 is 0 Å². The lowest BCUT2D eigenvalue weighted by Gasteiger charge is -2.33. The lowest BCUT2D eigenvalue weighted by Crippen LogP contribution is -2.35. The van der Waals surface area contributed by atoms with Gasteiger partial charge in [0.1, 0.15) is 0 Å². The van der Waals surface area contributed by atoms with Crippen molar-refractivity contribution in [1.82, 2.24) is 14.5 Å². The van der Waals surface area contributed by atoms with Gasteiger partial charge in [-0.3, -0.25) is 0 Å². The van der Waals surface area contributed by atoms with E-state index in [1.807, 2.05) is 6.20 Å². The molecule has 1 aromatic heterocycles. The van der Waals surface area contributed by atoms with Crippen LogP contribution in [-0.4, -0.2) is 40.6 Å². The smallest absolute Gasteiger partial charge is 0.203 e. The molecule has 0 amide bonds. The standard InChI is InChI=1S/C15H28N4/c1-3-5-8-16-15-17-9-13-19(15)14-6-11-18(10-4-2)12-7-14/h9,13-14H,3-8,10-12H2,1-2H3,(H,16,17). The molecule has 1 N–H and O–H groups in total. The van der Waals surface area contributed by atoms with Gasteiger partial charge in [0, 0.05) is 38.1 Å². The molecule has 1 saturated heterocycles. The molecule has 2 rings (SSSR count). The van der Waals surface area contributed by atoms with E-state index in [0.29, 0.717) is 6.04 Å². The van der Waals surface area contributed by atoms with E-state index in [9.17, 15) is 0 Å². The van der Waals surface area contributed by atoms with E-state index in [2.05, 4.69) is 39.8 Å². The Morgan fingerprint density at radius 2 is 2.05 bits per heavy atom. The van der Waals surface area contributed by atoms with Gasteiger partial charge in [0.2, 0.25) is 5.95 Å². The molecule has 1 aromatic rings. The van der Waals surface area contributed by atoms with Crippen LogP contribution in [0.15, 0.2) is 12.4 Å². The van der Waals surface area contributed by atoms with Crippen LogP contribution in [-0.2, 0) is 0 Å². The molecule has 0 aromatic carbocycles. The minimum atomic E-state index is 0.625. The molecule has 108 valence electrons. The second kappa shape index (κ2) is 7.53. The quantitative estimate of drug-likeness (QED) is 0.768. The molecule has 4 heteroatoms. The first-order chi connectivity index (χ1) is 9.35. The number of anilines is 1. The van der Waals surface area contributed by atoms with Gasteiger partial charge in [0.25, 0.3) is 0 Å². The average molecular weight is 264 g/mol. The fourth-order valence-electron chi connectivity index (χ4n) is 2.86. The topological polar surface area (TPSA) is 33.1 Å². The number of aromatic nitrogens is 2. The van der Waals surface area contributed by atoms with Crippen LogP contribution in [0.5, 0.6) is 0 Å². The summed E-state index contributed by atoms with van der Waals surface area (Å²) in [6.45, 7) is 9.21. The molecule has 1 fully saturated rings. The van der Waals surface area contributed by atoms with Crippen molar-refractivity contribution in [2.24, 2.45) is 0 Å². The highest BCUT2D eigenvalue weighted by molar-refractivity contribution is 5.26. The van der Waals surface area contributed by atoms with Crippen LogP contribution in [0.1, 0.15) is 52.0 Å². The van der Waals surface area contributed by atoms with Gasteiger partial charge in [-0.15, -0.1) is 0 Å². The van der Waals surface area contributed by atoms with Gasteiger partial charge in [-0.2, -0.15) is 0 Å². The third kappa shape index (κ3) is 3.96. The van der Waals surface area contributed by atoms with Gasteiger partial charge >= 0.3 is 0 Å². The lowest BCUT2D eigenvalue weighted by molar-refractivity contribution is 0.187. The summed E-state index contributed by atoms with van der Waals surface area (Å²) < 4.78 is 2.35. The molecule has 0 spiro atoms. The van der Waals surface area contributed by atoms with Crippen molar-refractivity contribution in [3.8, 4) is 0 Å². The van der Waals surface area contributed by atoms with Crippen LogP contribution in [0.3, 0.4) is 0 Å². The highest BCUT2D eigenvalue weighted by atomic mass is 15.2. The zero-order valence-electron chi connectivity index (χ0n) is 12.4. The van der Waals surface area contributed by atoms with Gasteiger partial charge in [-0.1, -0.05) is 20.3 Å². The fourth-order valence-corrected chi connectivity index (χ4v) is 2.86. The number of likely N-dealkylation sites (tertiary alicyclic amines) is 1. The van der Waals surface area contributed by atoms with Crippen LogP contribution in [0.2, 0.25) is 0 Å². The van der Waals surface area contributed by atoms with E-state index in [-0.39, 0.29) is 0 Å². The largest absolute Gasteiger partial charge is 0.356 e. The highest BCUT2D eigenvalue weighted by Crippen LogP contribution is 2.25. The maximum Gasteiger partial charge on any atom is 0.203 e. The van der Waals surface area contributed by atoms with Crippen molar-refractivity contribution < 1.29 is 0 Å². The van der Waals surface area contributed by atoms with Crippen LogP contribution >= 0.6 is 0 Å². The Morgan fingerprint density at radius 1 is 1.26 bits per heavy atom. The van der Waals surface area contributed by atoms with E-state index in [1.54, 1.807) is 0 Å². The van der Waals surface area contributed by atoms with Gasteiger partial charge < -0.3 is 14.8 Å². The van der Waals surface area contributed by atoms with Crippen molar-refractivity contribution >= 4 is 5.95 Å². The molecular weight excluding hydrogens is 236 g/mol. The molecule has 1 aliphatic heterocycles.